The van der Waals surface area contributed by atoms with E-state index in [0.717, 1.165) is 49.7 Å². The Hall–Kier alpha value is -1.78. The van der Waals surface area contributed by atoms with Gasteiger partial charge in [0, 0.05) is 30.6 Å². The average molecular weight is 346 g/mol. The van der Waals surface area contributed by atoms with E-state index in [0.29, 0.717) is 18.0 Å². The molecule has 0 aliphatic carbocycles. The predicted octanol–water partition coefficient (Wildman–Crippen LogP) is 4.13. The van der Waals surface area contributed by atoms with E-state index in [9.17, 15) is 4.79 Å². The van der Waals surface area contributed by atoms with Crippen LogP contribution in [0.2, 0.25) is 5.02 Å². The molecule has 1 amide bonds. The van der Waals surface area contributed by atoms with Crippen LogP contribution < -0.4 is 0 Å². The molecule has 1 aromatic heterocycles. The molecule has 4 nitrogen and oxygen atoms in total. The van der Waals surface area contributed by atoms with Crippen LogP contribution in [-0.4, -0.2) is 30.6 Å². The van der Waals surface area contributed by atoms with E-state index in [1.165, 1.54) is 0 Å². The molecule has 0 radical (unpaired) electrons. The summed E-state index contributed by atoms with van der Waals surface area (Å²) in [5.41, 5.74) is 1.02. The SMILES string of the molecule is O=C1CCC2(CCOC2)CN1Cc1ccc(-c2ccccc2Cl)o1. The minimum Gasteiger partial charge on any atom is -0.459 e. The van der Waals surface area contributed by atoms with Gasteiger partial charge in [-0.05, 0) is 37.1 Å². The molecule has 2 saturated heterocycles. The van der Waals surface area contributed by atoms with Crippen molar-refractivity contribution < 1.29 is 13.9 Å². The Labute approximate surface area is 146 Å². The number of nitrogens with zero attached hydrogens (tertiary/aromatic N) is 1. The molecule has 4 rings (SSSR count). The number of rotatable bonds is 3. The molecule has 1 aromatic carbocycles. The van der Waals surface area contributed by atoms with E-state index in [-0.39, 0.29) is 11.3 Å². The maximum Gasteiger partial charge on any atom is 0.223 e. The molecule has 2 aliphatic rings. The number of benzene rings is 1. The summed E-state index contributed by atoms with van der Waals surface area (Å²) in [5.74, 6) is 1.72. The number of likely N-dealkylation sites (tertiary alicyclic amines) is 1. The van der Waals surface area contributed by atoms with Crippen molar-refractivity contribution >= 4 is 17.5 Å². The molecular formula is C19H20ClNO3. The van der Waals surface area contributed by atoms with Crippen LogP contribution >= 0.6 is 11.6 Å². The molecule has 1 atom stereocenters. The summed E-state index contributed by atoms with van der Waals surface area (Å²) in [6.07, 6.45) is 2.58. The molecule has 3 heterocycles. The Kier molecular flexibility index (Phi) is 4.10. The molecule has 1 unspecified atom stereocenters. The first kappa shape index (κ1) is 15.7. The molecule has 0 saturated carbocycles. The second kappa shape index (κ2) is 6.26. The molecule has 2 aliphatic heterocycles. The quantitative estimate of drug-likeness (QED) is 0.840. The van der Waals surface area contributed by atoms with Crippen molar-refractivity contribution in [3.05, 3.63) is 47.2 Å². The summed E-state index contributed by atoms with van der Waals surface area (Å²) >= 11 is 6.23. The number of carbonyl (C=O) groups is 1. The van der Waals surface area contributed by atoms with Crippen LogP contribution in [0.3, 0.4) is 0 Å². The molecule has 1 spiro atoms. The Morgan fingerprint density at radius 3 is 2.83 bits per heavy atom. The topological polar surface area (TPSA) is 42.7 Å². The van der Waals surface area contributed by atoms with Crippen molar-refractivity contribution in [1.29, 1.82) is 0 Å². The van der Waals surface area contributed by atoms with Gasteiger partial charge in [0.15, 0.2) is 0 Å². The number of halogens is 1. The lowest BCUT2D eigenvalue weighted by Gasteiger charge is -2.38. The van der Waals surface area contributed by atoms with Crippen molar-refractivity contribution in [2.24, 2.45) is 5.41 Å². The Balaban J connectivity index is 1.51. The van der Waals surface area contributed by atoms with Crippen LogP contribution in [0, 0.1) is 5.41 Å². The van der Waals surface area contributed by atoms with Crippen LogP contribution in [0.25, 0.3) is 11.3 Å². The number of hydrogen-bond acceptors (Lipinski definition) is 3. The van der Waals surface area contributed by atoms with E-state index in [1.807, 2.05) is 41.3 Å². The number of amides is 1. The first-order valence-electron chi connectivity index (χ1n) is 8.34. The first-order valence-corrected chi connectivity index (χ1v) is 8.72. The highest BCUT2D eigenvalue weighted by atomic mass is 35.5. The van der Waals surface area contributed by atoms with Crippen LogP contribution in [0.5, 0.6) is 0 Å². The highest BCUT2D eigenvalue weighted by Crippen LogP contribution is 2.39. The summed E-state index contributed by atoms with van der Waals surface area (Å²) in [4.78, 5) is 14.2. The Morgan fingerprint density at radius 1 is 1.17 bits per heavy atom. The van der Waals surface area contributed by atoms with Crippen LogP contribution in [0.4, 0.5) is 0 Å². The highest BCUT2D eigenvalue weighted by Gasteiger charge is 2.41. The summed E-state index contributed by atoms with van der Waals surface area (Å²) < 4.78 is 11.5. The summed E-state index contributed by atoms with van der Waals surface area (Å²) in [6, 6.07) is 11.4. The van der Waals surface area contributed by atoms with Crippen molar-refractivity contribution in [2.75, 3.05) is 19.8 Å². The number of piperidine rings is 1. The fourth-order valence-electron chi connectivity index (χ4n) is 3.67. The minimum atomic E-state index is 0.145. The van der Waals surface area contributed by atoms with E-state index in [4.69, 9.17) is 20.8 Å². The maximum absolute atomic E-state index is 12.3. The van der Waals surface area contributed by atoms with Gasteiger partial charge in [0.05, 0.1) is 18.2 Å². The Bertz CT molecular complexity index is 749. The van der Waals surface area contributed by atoms with Crippen molar-refractivity contribution in [3.63, 3.8) is 0 Å². The summed E-state index contributed by atoms with van der Waals surface area (Å²) in [5, 5.41) is 0.662. The zero-order valence-corrected chi connectivity index (χ0v) is 14.2. The maximum atomic E-state index is 12.3. The van der Waals surface area contributed by atoms with Gasteiger partial charge < -0.3 is 14.1 Å². The smallest absolute Gasteiger partial charge is 0.223 e. The molecule has 24 heavy (non-hydrogen) atoms. The summed E-state index contributed by atoms with van der Waals surface area (Å²) in [6.45, 7) is 2.83. The van der Waals surface area contributed by atoms with Gasteiger partial charge in [-0.1, -0.05) is 23.7 Å². The molecule has 126 valence electrons. The second-order valence-corrected chi connectivity index (χ2v) is 7.21. The van der Waals surface area contributed by atoms with E-state index < -0.39 is 0 Å². The largest absolute Gasteiger partial charge is 0.459 e. The van der Waals surface area contributed by atoms with Crippen molar-refractivity contribution in [2.45, 2.75) is 25.8 Å². The van der Waals surface area contributed by atoms with Gasteiger partial charge in [-0.3, -0.25) is 4.79 Å². The number of hydrogen-bond donors (Lipinski definition) is 0. The normalized spacial score (nSPS) is 24.0. The van der Waals surface area contributed by atoms with Crippen molar-refractivity contribution in [1.82, 2.24) is 4.90 Å². The lowest BCUT2D eigenvalue weighted by molar-refractivity contribution is -0.138. The minimum absolute atomic E-state index is 0.145. The van der Waals surface area contributed by atoms with Crippen LogP contribution in [0.15, 0.2) is 40.8 Å². The molecule has 0 N–H and O–H groups in total. The third kappa shape index (κ3) is 2.96. The molecule has 5 heteroatoms. The standard InChI is InChI=1S/C19H20ClNO3/c20-16-4-2-1-3-15(16)17-6-5-14(24-17)11-21-12-19(8-7-18(21)22)9-10-23-13-19/h1-6H,7-13H2. The van der Waals surface area contributed by atoms with Gasteiger partial charge in [-0.25, -0.2) is 0 Å². The zero-order valence-electron chi connectivity index (χ0n) is 13.5. The third-order valence-corrected chi connectivity index (χ3v) is 5.41. The van der Waals surface area contributed by atoms with Gasteiger partial charge in [-0.2, -0.15) is 0 Å². The number of carbonyl (C=O) groups excluding carboxylic acids is 1. The fourth-order valence-corrected chi connectivity index (χ4v) is 3.90. The highest BCUT2D eigenvalue weighted by molar-refractivity contribution is 6.33. The fraction of sp³-hybridized carbons (Fsp3) is 0.421. The van der Waals surface area contributed by atoms with E-state index in [1.54, 1.807) is 0 Å². The van der Waals surface area contributed by atoms with E-state index in [2.05, 4.69) is 0 Å². The average Bonchev–Trinajstić information content (AvgIpc) is 3.22. The molecule has 2 fully saturated rings. The summed E-state index contributed by atoms with van der Waals surface area (Å²) in [7, 11) is 0. The molecular weight excluding hydrogens is 326 g/mol. The second-order valence-electron chi connectivity index (χ2n) is 6.80. The predicted molar refractivity (Wildman–Crippen MR) is 91.7 cm³/mol. The molecule has 0 bridgehead atoms. The van der Waals surface area contributed by atoms with Gasteiger partial charge in [-0.15, -0.1) is 0 Å². The Morgan fingerprint density at radius 2 is 2.04 bits per heavy atom. The van der Waals surface area contributed by atoms with Gasteiger partial charge in [0.1, 0.15) is 11.5 Å². The lowest BCUT2D eigenvalue weighted by atomic mass is 9.79. The van der Waals surface area contributed by atoms with Crippen LogP contribution in [-0.2, 0) is 16.1 Å². The number of furan rings is 1. The lowest BCUT2D eigenvalue weighted by Crippen LogP contribution is -2.46. The third-order valence-electron chi connectivity index (χ3n) is 5.08. The zero-order chi connectivity index (χ0) is 16.6. The molecule has 2 aromatic rings. The van der Waals surface area contributed by atoms with Crippen molar-refractivity contribution in [3.8, 4) is 11.3 Å². The monoisotopic (exact) mass is 345 g/mol. The van der Waals surface area contributed by atoms with Gasteiger partial charge >= 0.3 is 0 Å². The van der Waals surface area contributed by atoms with Crippen LogP contribution in [0.1, 0.15) is 25.0 Å². The number of ether oxygens (including phenoxy) is 1. The first-order chi connectivity index (χ1) is 11.7. The van der Waals surface area contributed by atoms with Gasteiger partial charge in [0.2, 0.25) is 5.91 Å². The van der Waals surface area contributed by atoms with E-state index >= 15 is 0 Å². The van der Waals surface area contributed by atoms with Gasteiger partial charge in [0.25, 0.3) is 0 Å².